The van der Waals surface area contributed by atoms with Crippen LogP contribution in [0.5, 0.6) is 0 Å². The van der Waals surface area contributed by atoms with Crippen LogP contribution in [0, 0.1) is 6.92 Å². The maximum atomic E-state index is 5.75. The molecule has 92 valence electrons. The van der Waals surface area contributed by atoms with E-state index in [9.17, 15) is 0 Å². The highest BCUT2D eigenvalue weighted by atomic mass is 79.9. The van der Waals surface area contributed by atoms with Gasteiger partial charge < -0.3 is 11.1 Å². The van der Waals surface area contributed by atoms with Crippen molar-refractivity contribution in [3.8, 4) is 0 Å². The molecule has 0 unspecified atom stereocenters. The number of nitrogens with one attached hydrogen (secondary N) is 1. The summed E-state index contributed by atoms with van der Waals surface area (Å²) in [7, 11) is 0. The van der Waals surface area contributed by atoms with Crippen molar-refractivity contribution in [2.75, 3.05) is 5.32 Å². The molecule has 18 heavy (non-hydrogen) atoms. The molecule has 0 saturated carbocycles. The van der Waals surface area contributed by atoms with Gasteiger partial charge in [-0.3, -0.25) is 4.98 Å². The molecule has 3 N–H and O–H groups in total. The molecule has 0 spiro atoms. The Hall–Kier alpha value is -1.46. The Labute approximate surface area is 120 Å². The lowest BCUT2D eigenvalue weighted by Crippen LogP contribution is -2.13. The van der Waals surface area contributed by atoms with Gasteiger partial charge in [0.2, 0.25) is 0 Å². The molecule has 0 aliphatic rings. The van der Waals surface area contributed by atoms with E-state index in [1.807, 2.05) is 37.3 Å². The van der Waals surface area contributed by atoms with E-state index in [-0.39, 0.29) is 0 Å². The minimum Gasteiger partial charge on any atom is -0.389 e. The van der Waals surface area contributed by atoms with Crippen molar-refractivity contribution in [1.29, 1.82) is 0 Å². The van der Waals surface area contributed by atoms with Gasteiger partial charge in [0.25, 0.3) is 0 Å². The first-order valence-corrected chi connectivity index (χ1v) is 6.56. The van der Waals surface area contributed by atoms with Gasteiger partial charge in [-0.05, 0) is 47.1 Å². The summed E-state index contributed by atoms with van der Waals surface area (Å²) in [6.45, 7) is 1.95. The van der Waals surface area contributed by atoms with Crippen molar-refractivity contribution >= 4 is 44.5 Å². The van der Waals surface area contributed by atoms with Crippen LogP contribution in [-0.4, -0.2) is 9.97 Å². The van der Waals surface area contributed by atoms with Crippen LogP contribution in [0.3, 0.4) is 0 Å². The number of aromatic nitrogens is 1. The van der Waals surface area contributed by atoms with Crippen LogP contribution in [-0.2, 0) is 0 Å². The van der Waals surface area contributed by atoms with Crippen molar-refractivity contribution in [3.05, 3.63) is 52.3 Å². The van der Waals surface area contributed by atoms with Crippen LogP contribution in [0.25, 0.3) is 0 Å². The van der Waals surface area contributed by atoms with Gasteiger partial charge in [-0.25, -0.2) is 0 Å². The summed E-state index contributed by atoms with van der Waals surface area (Å²) in [4.78, 5) is 4.59. The predicted molar refractivity (Wildman–Crippen MR) is 82.3 cm³/mol. The van der Waals surface area contributed by atoms with Gasteiger partial charge in [-0.1, -0.05) is 18.3 Å². The van der Waals surface area contributed by atoms with Gasteiger partial charge in [0.1, 0.15) is 4.99 Å². The van der Waals surface area contributed by atoms with E-state index in [2.05, 4.69) is 26.2 Å². The third-order valence-electron chi connectivity index (χ3n) is 2.54. The Kier molecular flexibility index (Phi) is 3.93. The van der Waals surface area contributed by atoms with E-state index in [4.69, 9.17) is 18.0 Å². The van der Waals surface area contributed by atoms with E-state index in [0.29, 0.717) is 4.99 Å². The lowest BCUT2D eigenvalue weighted by molar-refractivity contribution is 1.20. The molecule has 1 aromatic carbocycles. The Morgan fingerprint density at radius 2 is 2.00 bits per heavy atom. The molecule has 0 aliphatic heterocycles. The minimum atomic E-state index is 0.353. The maximum Gasteiger partial charge on any atom is 0.107 e. The lowest BCUT2D eigenvalue weighted by Gasteiger charge is -2.13. The van der Waals surface area contributed by atoms with Crippen LogP contribution in [0.1, 0.15) is 11.3 Å². The summed E-state index contributed by atoms with van der Waals surface area (Å²) in [6, 6.07) is 9.63. The molecule has 0 saturated heterocycles. The van der Waals surface area contributed by atoms with Gasteiger partial charge in [0.15, 0.2) is 0 Å². The number of rotatable bonds is 3. The van der Waals surface area contributed by atoms with Gasteiger partial charge in [-0.2, -0.15) is 0 Å². The Morgan fingerprint density at radius 3 is 2.67 bits per heavy atom. The topological polar surface area (TPSA) is 50.9 Å². The molecule has 3 nitrogen and oxygen atoms in total. The number of anilines is 2. The van der Waals surface area contributed by atoms with Crippen molar-refractivity contribution in [3.63, 3.8) is 0 Å². The second-order valence-electron chi connectivity index (χ2n) is 3.79. The van der Waals surface area contributed by atoms with E-state index in [1.54, 1.807) is 6.20 Å². The van der Waals surface area contributed by atoms with Crippen molar-refractivity contribution in [2.24, 2.45) is 5.73 Å². The molecule has 0 atom stereocenters. The molecule has 5 heteroatoms. The van der Waals surface area contributed by atoms with E-state index in [1.165, 1.54) is 0 Å². The number of pyridine rings is 1. The molecule has 0 fully saturated rings. The fraction of sp³-hybridized carbons (Fsp3) is 0.0769. The largest absolute Gasteiger partial charge is 0.389 e. The van der Waals surface area contributed by atoms with Crippen LogP contribution < -0.4 is 11.1 Å². The van der Waals surface area contributed by atoms with Gasteiger partial charge >= 0.3 is 0 Å². The quantitative estimate of drug-likeness (QED) is 0.849. The number of hydrogen-bond donors (Lipinski definition) is 2. The molecule has 2 aromatic rings. The molecule has 1 heterocycles. The third kappa shape index (κ3) is 2.68. The molecule has 0 amide bonds. The van der Waals surface area contributed by atoms with Crippen molar-refractivity contribution in [1.82, 2.24) is 4.98 Å². The van der Waals surface area contributed by atoms with Crippen LogP contribution in [0.4, 0.5) is 11.4 Å². The van der Waals surface area contributed by atoms with Crippen LogP contribution in [0.2, 0.25) is 0 Å². The van der Waals surface area contributed by atoms with E-state index < -0.39 is 0 Å². The molecular formula is C13H12BrN3S. The number of nitrogens with zero attached hydrogens (tertiary/aromatic N) is 1. The normalized spacial score (nSPS) is 10.1. The summed E-state index contributed by atoms with van der Waals surface area (Å²) in [5, 5.41) is 3.30. The number of halogens is 1. The molecule has 2 rings (SSSR count). The highest BCUT2D eigenvalue weighted by molar-refractivity contribution is 9.10. The Bertz CT molecular complexity index is 599. The monoisotopic (exact) mass is 321 g/mol. The first-order valence-electron chi connectivity index (χ1n) is 5.36. The summed E-state index contributed by atoms with van der Waals surface area (Å²) in [5.41, 5.74) is 9.28. The Morgan fingerprint density at radius 1 is 1.28 bits per heavy atom. The lowest BCUT2D eigenvalue weighted by atomic mass is 10.1. The molecular weight excluding hydrogens is 310 g/mol. The highest BCUT2D eigenvalue weighted by Gasteiger charge is 2.10. The zero-order chi connectivity index (χ0) is 13.1. The van der Waals surface area contributed by atoms with Crippen LogP contribution >= 0.6 is 28.1 Å². The average Bonchev–Trinajstić information content (AvgIpc) is 2.31. The van der Waals surface area contributed by atoms with E-state index >= 15 is 0 Å². The fourth-order valence-electron chi connectivity index (χ4n) is 1.64. The Balaban J connectivity index is 2.44. The van der Waals surface area contributed by atoms with Gasteiger partial charge in [-0.15, -0.1) is 0 Å². The minimum absolute atomic E-state index is 0.353. The third-order valence-corrected chi connectivity index (χ3v) is 3.40. The smallest absolute Gasteiger partial charge is 0.107 e. The number of nitrogens with two attached hydrogens (primary N) is 1. The standard InChI is InChI=1S/C13H12BrN3S/c1-8-10(6-3-7-16-8)17-11-5-2-4-9(14)12(11)13(15)18/h2-7,17H,1H3,(H2,15,18). The van der Waals surface area contributed by atoms with Crippen molar-refractivity contribution in [2.45, 2.75) is 6.92 Å². The number of thiocarbonyl (C=S) groups is 1. The second-order valence-corrected chi connectivity index (χ2v) is 5.08. The zero-order valence-corrected chi connectivity index (χ0v) is 12.2. The highest BCUT2D eigenvalue weighted by Crippen LogP contribution is 2.28. The zero-order valence-electron chi connectivity index (χ0n) is 9.77. The molecule has 0 bridgehead atoms. The second kappa shape index (κ2) is 5.46. The number of aryl methyl sites for hydroxylation is 1. The van der Waals surface area contributed by atoms with Crippen molar-refractivity contribution < 1.29 is 0 Å². The molecule has 1 aromatic heterocycles. The number of hydrogen-bond acceptors (Lipinski definition) is 3. The first kappa shape index (κ1) is 13.0. The van der Waals surface area contributed by atoms with Crippen LogP contribution in [0.15, 0.2) is 41.0 Å². The summed E-state index contributed by atoms with van der Waals surface area (Å²) >= 11 is 8.53. The van der Waals surface area contributed by atoms with Gasteiger partial charge in [0.05, 0.1) is 11.4 Å². The SMILES string of the molecule is Cc1ncccc1Nc1cccc(Br)c1C(N)=S. The number of benzene rings is 1. The molecule has 0 aliphatic carbocycles. The predicted octanol–water partition coefficient (Wildman–Crippen LogP) is 3.53. The average molecular weight is 322 g/mol. The van der Waals surface area contributed by atoms with E-state index in [0.717, 1.165) is 27.1 Å². The first-order chi connectivity index (χ1) is 8.59. The fourth-order valence-corrected chi connectivity index (χ4v) is 2.57. The summed E-state index contributed by atoms with van der Waals surface area (Å²) < 4.78 is 0.876. The maximum absolute atomic E-state index is 5.75. The summed E-state index contributed by atoms with van der Waals surface area (Å²) in [5.74, 6) is 0. The summed E-state index contributed by atoms with van der Waals surface area (Å²) in [6.07, 6.45) is 1.76. The van der Waals surface area contributed by atoms with Gasteiger partial charge in [0, 0.05) is 21.9 Å². The molecule has 0 radical (unpaired) electrons.